The predicted molar refractivity (Wildman–Crippen MR) is 122 cm³/mol. The zero-order valence-corrected chi connectivity index (χ0v) is 18.4. The minimum Gasteiger partial charge on any atom is -0.497 e. The minimum atomic E-state index is -0.407. The van der Waals surface area contributed by atoms with Gasteiger partial charge in [0.2, 0.25) is 0 Å². The van der Waals surface area contributed by atoms with E-state index in [-0.39, 0.29) is 17.2 Å². The van der Waals surface area contributed by atoms with E-state index in [0.717, 1.165) is 36.4 Å². The lowest BCUT2D eigenvalue weighted by atomic mass is 10.0. The number of benzene rings is 2. The Balaban J connectivity index is 1.54. The second-order valence-corrected chi connectivity index (χ2v) is 7.81. The van der Waals surface area contributed by atoms with E-state index in [4.69, 9.17) is 13.9 Å². The highest BCUT2D eigenvalue weighted by molar-refractivity contribution is 5.93. The van der Waals surface area contributed by atoms with Gasteiger partial charge in [0.25, 0.3) is 5.91 Å². The molecule has 1 fully saturated rings. The SMILES string of the molecule is CCc1ccc2oc(C(=O)NC[C@@H](c3ccc(OC)cc3)N3CCOCC3)cc(=O)c2c1. The largest absolute Gasteiger partial charge is 0.497 e. The first-order chi connectivity index (χ1) is 15.6. The average Bonchev–Trinajstić information content (AvgIpc) is 2.84. The van der Waals surface area contributed by atoms with Crippen molar-refractivity contribution in [3.8, 4) is 5.75 Å². The van der Waals surface area contributed by atoms with Crippen LogP contribution >= 0.6 is 0 Å². The molecule has 1 saturated heterocycles. The Morgan fingerprint density at radius 2 is 1.88 bits per heavy atom. The number of nitrogens with one attached hydrogen (secondary N) is 1. The number of methoxy groups -OCH3 is 1. The van der Waals surface area contributed by atoms with Crippen molar-refractivity contribution in [3.05, 3.63) is 75.6 Å². The van der Waals surface area contributed by atoms with Crippen LogP contribution in [-0.2, 0) is 11.2 Å². The van der Waals surface area contributed by atoms with E-state index in [1.807, 2.05) is 43.3 Å². The molecule has 1 N–H and O–H groups in total. The van der Waals surface area contributed by atoms with E-state index in [0.29, 0.717) is 30.7 Å². The topological polar surface area (TPSA) is 81.0 Å². The maximum atomic E-state index is 12.9. The van der Waals surface area contributed by atoms with Crippen molar-refractivity contribution in [2.45, 2.75) is 19.4 Å². The maximum Gasteiger partial charge on any atom is 0.287 e. The van der Waals surface area contributed by atoms with Crippen molar-refractivity contribution in [2.24, 2.45) is 0 Å². The summed E-state index contributed by atoms with van der Waals surface area (Å²) in [6.45, 7) is 5.26. The smallest absolute Gasteiger partial charge is 0.287 e. The summed E-state index contributed by atoms with van der Waals surface area (Å²) in [6, 6.07) is 14.6. The Morgan fingerprint density at radius 3 is 2.56 bits per heavy atom. The third-order valence-corrected chi connectivity index (χ3v) is 5.87. The van der Waals surface area contributed by atoms with Crippen molar-refractivity contribution in [2.75, 3.05) is 40.0 Å². The molecule has 168 valence electrons. The standard InChI is InChI=1S/C25H28N2O5/c1-3-17-4-9-23-20(14-17)22(28)15-24(32-23)25(29)26-16-21(27-10-12-31-13-11-27)18-5-7-19(30-2)8-6-18/h4-9,14-15,21H,3,10-13,16H2,1-2H3,(H,26,29)/t21-/m0/s1. The summed E-state index contributed by atoms with van der Waals surface area (Å²) >= 11 is 0. The summed E-state index contributed by atoms with van der Waals surface area (Å²) in [7, 11) is 1.63. The van der Waals surface area contributed by atoms with E-state index >= 15 is 0 Å². The molecule has 0 aliphatic carbocycles. The van der Waals surface area contributed by atoms with Gasteiger partial charge in [-0.25, -0.2) is 0 Å². The Bertz CT molecular complexity index is 1130. The second-order valence-electron chi connectivity index (χ2n) is 7.81. The van der Waals surface area contributed by atoms with Gasteiger partial charge < -0.3 is 19.2 Å². The van der Waals surface area contributed by atoms with E-state index in [1.165, 1.54) is 6.07 Å². The molecule has 32 heavy (non-hydrogen) atoms. The van der Waals surface area contributed by atoms with E-state index in [9.17, 15) is 9.59 Å². The number of fused-ring (bicyclic) bond motifs is 1. The zero-order chi connectivity index (χ0) is 22.5. The molecular formula is C25H28N2O5. The van der Waals surface area contributed by atoms with Crippen LogP contribution < -0.4 is 15.5 Å². The van der Waals surface area contributed by atoms with E-state index in [1.54, 1.807) is 13.2 Å². The van der Waals surface area contributed by atoms with Crippen molar-refractivity contribution < 1.29 is 18.7 Å². The molecule has 2 aromatic carbocycles. The number of carbonyl (C=O) groups is 1. The molecule has 0 unspecified atom stereocenters. The summed E-state index contributed by atoms with van der Waals surface area (Å²) in [5.41, 5.74) is 2.32. The van der Waals surface area contributed by atoms with Gasteiger partial charge in [-0.15, -0.1) is 0 Å². The minimum absolute atomic E-state index is 0.0159. The quantitative estimate of drug-likeness (QED) is 0.613. The summed E-state index contributed by atoms with van der Waals surface area (Å²) in [5.74, 6) is 0.389. The van der Waals surface area contributed by atoms with Gasteiger partial charge in [-0.3, -0.25) is 14.5 Å². The first-order valence-corrected chi connectivity index (χ1v) is 10.9. The molecule has 0 saturated carbocycles. The molecule has 4 rings (SSSR count). The van der Waals surface area contributed by atoms with E-state index in [2.05, 4.69) is 10.2 Å². The van der Waals surface area contributed by atoms with Crippen LogP contribution in [0.25, 0.3) is 11.0 Å². The van der Waals surface area contributed by atoms with Gasteiger partial charge in [-0.1, -0.05) is 25.1 Å². The molecule has 0 radical (unpaired) electrons. The highest BCUT2D eigenvalue weighted by Gasteiger charge is 2.24. The molecule has 7 nitrogen and oxygen atoms in total. The average molecular weight is 437 g/mol. The van der Waals surface area contributed by atoms with Gasteiger partial charge in [-0.05, 0) is 41.8 Å². The number of hydrogen-bond donors (Lipinski definition) is 1. The molecule has 3 aromatic rings. The maximum absolute atomic E-state index is 12.9. The van der Waals surface area contributed by atoms with Gasteiger partial charge in [0, 0.05) is 25.7 Å². The Labute approximate surface area is 186 Å². The number of rotatable bonds is 7. The number of hydrogen-bond acceptors (Lipinski definition) is 6. The van der Waals surface area contributed by atoms with Gasteiger partial charge in [0.05, 0.1) is 31.8 Å². The highest BCUT2D eigenvalue weighted by atomic mass is 16.5. The highest BCUT2D eigenvalue weighted by Crippen LogP contribution is 2.24. The lowest BCUT2D eigenvalue weighted by Gasteiger charge is -2.35. The van der Waals surface area contributed by atoms with Gasteiger partial charge in [0.15, 0.2) is 11.2 Å². The lowest BCUT2D eigenvalue weighted by Crippen LogP contribution is -2.43. The molecule has 1 aliphatic heterocycles. The second kappa shape index (κ2) is 9.97. The molecule has 7 heteroatoms. The van der Waals surface area contributed by atoms with Crippen molar-refractivity contribution in [1.29, 1.82) is 0 Å². The Morgan fingerprint density at radius 1 is 1.12 bits per heavy atom. The first-order valence-electron chi connectivity index (χ1n) is 10.9. The van der Waals surface area contributed by atoms with Gasteiger partial charge in [-0.2, -0.15) is 0 Å². The predicted octanol–water partition coefficient (Wildman–Crippen LogP) is 3.17. The van der Waals surface area contributed by atoms with Crippen LogP contribution in [0.4, 0.5) is 0 Å². The van der Waals surface area contributed by atoms with Gasteiger partial charge in [0.1, 0.15) is 11.3 Å². The monoisotopic (exact) mass is 436 g/mol. The third kappa shape index (κ3) is 4.84. The molecule has 0 bridgehead atoms. The molecule has 2 heterocycles. The third-order valence-electron chi connectivity index (χ3n) is 5.87. The van der Waals surface area contributed by atoms with Crippen LogP contribution in [0.2, 0.25) is 0 Å². The molecule has 1 aromatic heterocycles. The lowest BCUT2D eigenvalue weighted by molar-refractivity contribution is 0.0161. The summed E-state index contributed by atoms with van der Waals surface area (Å²) in [5, 5.41) is 3.44. The summed E-state index contributed by atoms with van der Waals surface area (Å²) in [4.78, 5) is 27.7. The number of nitrogens with zero attached hydrogens (tertiary/aromatic N) is 1. The fourth-order valence-corrected chi connectivity index (χ4v) is 3.98. The molecule has 1 amide bonds. The number of ether oxygens (including phenoxy) is 2. The van der Waals surface area contributed by atoms with Crippen LogP contribution in [0.15, 0.2) is 57.7 Å². The van der Waals surface area contributed by atoms with Crippen LogP contribution in [0.5, 0.6) is 5.75 Å². The first kappa shape index (κ1) is 22.0. The van der Waals surface area contributed by atoms with Crippen LogP contribution in [0.3, 0.4) is 0 Å². The molecule has 1 atom stereocenters. The molecule has 0 spiro atoms. The summed E-state index contributed by atoms with van der Waals surface area (Å²) in [6.07, 6.45) is 0.825. The van der Waals surface area contributed by atoms with Gasteiger partial charge >= 0.3 is 0 Å². The van der Waals surface area contributed by atoms with Crippen molar-refractivity contribution in [1.82, 2.24) is 10.2 Å². The fraction of sp³-hybridized carbons (Fsp3) is 0.360. The number of carbonyl (C=O) groups excluding carboxylic acids is 1. The molecule has 1 aliphatic rings. The van der Waals surface area contributed by atoms with Crippen LogP contribution in [0, 0.1) is 0 Å². The zero-order valence-electron chi connectivity index (χ0n) is 18.4. The fourth-order valence-electron chi connectivity index (χ4n) is 3.98. The van der Waals surface area contributed by atoms with Crippen LogP contribution in [-0.4, -0.2) is 50.8 Å². The van der Waals surface area contributed by atoms with Crippen molar-refractivity contribution in [3.63, 3.8) is 0 Å². The number of morpholine rings is 1. The van der Waals surface area contributed by atoms with E-state index < -0.39 is 5.91 Å². The number of amides is 1. The Hall–Kier alpha value is -3.16. The summed E-state index contributed by atoms with van der Waals surface area (Å²) < 4.78 is 16.5. The normalized spacial score (nSPS) is 15.4. The van der Waals surface area contributed by atoms with Crippen molar-refractivity contribution >= 4 is 16.9 Å². The Kier molecular flexibility index (Phi) is 6.87. The number of aryl methyl sites for hydroxylation is 1. The van der Waals surface area contributed by atoms with Crippen LogP contribution in [0.1, 0.15) is 34.6 Å². The molecular weight excluding hydrogens is 408 g/mol.